The Balaban J connectivity index is 1.84. The second kappa shape index (κ2) is 7.96. The first-order chi connectivity index (χ1) is 13.5. The van der Waals surface area contributed by atoms with Crippen molar-refractivity contribution in [2.45, 2.75) is 12.0 Å². The van der Waals surface area contributed by atoms with Gasteiger partial charge in [0.2, 0.25) is 0 Å². The number of amides is 2. The lowest BCUT2D eigenvalue weighted by Crippen LogP contribution is -2.64. The Morgan fingerprint density at radius 3 is 2.68 bits per heavy atom. The molecular formula is C18H19FN6O3. The predicted molar refractivity (Wildman–Crippen MR) is 97.6 cm³/mol. The molecule has 3 N–H and O–H groups in total. The van der Waals surface area contributed by atoms with E-state index < -0.39 is 24.2 Å². The monoisotopic (exact) mass is 386 g/mol. The molecule has 3 rings (SSSR count). The molecule has 0 radical (unpaired) electrons. The number of nitrogens with two attached hydrogens (primary N) is 1. The normalized spacial score (nSPS) is 14.6. The number of carbonyl (C=O) groups is 2. The van der Waals surface area contributed by atoms with Crippen LogP contribution in [0.2, 0.25) is 0 Å². The molecule has 0 bridgehead atoms. The zero-order chi connectivity index (χ0) is 20.1. The van der Waals surface area contributed by atoms with Crippen molar-refractivity contribution in [2.75, 3.05) is 31.7 Å². The molecule has 0 atom stereocenters. The van der Waals surface area contributed by atoms with Gasteiger partial charge in [0.05, 0.1) is 25.6 Å². The standard InChI is InChI=1S/C18H19FN6O3/c19-7-9-28-17(27)24-11-18(12-24,6-8-20)25-10-14(15(21)26)16(23-25)22-13-4-2-1-3-5-13/h1-5,10H,6-7,9,11-12H2,(H2,21,26)(H,22,23). The van der Waals surface area contributed by atoms with Gasteiger partial charge < -0.3 is 20.7 Å². The van der Waals surface area contributed by atoms with E-state index in [1.54, 1.807) is 12.1 Å². The van der Waals surface area contributed by atoms with E-state index in [2.05, 4.69) is 16.5 Å². The van der Waals surface area contributed by atoms with Crippen molar-refractivity contribution >= 4 is 23.5 Å². The highest BCUT2D eigenvalue weighted by atomic mass is 19.1. The summed E-state index contributed by atoms with van der Waals surface area (Å²) >= 11 is 0. The molecule has 2 heterocycles. The lowest BCUT2D eigenvalue weighted by atomic mass is 9.87. The molecule has 10 heteroatoms. The molecule has 2 amide bonds. The molecule has 146 valence electrons. The van der Waals surface area contributed by atoms with E-state index in [0.29, 0.717) is 0 Å². The van der Waals surface area contributed by atoms with Crippen LogP contribution in [0.4, 0.5) is 20.7 Å². The Morgan fingerprint density at radius 2 is 2.07 bits per heavy atom. The maximum absolute atomic E-state index is 12.2. The minimum absolute atomic E-state index is 0.0601. The first-order valence-corrected chi connectivity index (χ1v) is 8.56. The quantitative estimate of drug-likeness (QED) is 0.747. The van der Waals surface area contributed by atoms with Crippen LogP contribution in [0.15, 0.2) is 36.5 Å². The Kier molecular flexibility index (Phi) is 5.44. The van der Waals surface area contributed by atoms with Crippen LogP contribution in [0.5, 0.6) is 0 Å². The molecule has 1 aromatic heterocycles. The van der Waals surface area contributed by atoms with Gasteiger partial charge in [-0.05, 0) is 12.1 Å². The highest BCUT2D eigenvalue weighted by Crippen LogP contribution is 2.34. The summed E-state index contributed by atoms with van der Waals surface area (Å²) in [6, 6.07) is 11.2. The highest BCUT2D eigenvalue weighted by Gasteiger charge is 2.48. The van der Waals surface area contributed by atoms with Crippen molar-refractivity contribution in [2.24, 2.45) is 5.73 Å². The molecule has 0 unspecified atom stereocenters. The minimum Gasteiger partial charge on any atom is -0.447 e. The zero-order valence-corrected chi connectivity index (χ0v) is 15.0. The van der Waals surface area contributed by atoms with Crippen molar-refractivity contribution in [1.29, 1.82) is 5.26 Å². The molecule has 1 aliphatic rings. The number of rotatable bonds is 7. The summed E-state index contributed by atoms with van der Waals surface area (Å²) in [4.78, 5) is 25.1. The van der Waals surface area contributed by atoms with Gasteiger partial charge in [-0.3, -0.25) is 9.48 Å². The van der Waals surface area contributed by atoms with Crippen molar-refractivity contribution in [1.82, 2.24) is 14.7 Å². The number of carbonyl (C=O) groups excluding carboxylic acids is 2. The number of para-hydroxylation sites is 1. The first kappa shape index (κ1) is 19.2. The Labute approximate surface area is 160 Å². The van der Waals surface area contributed by atoms with Crippen LogP contribution in [-0.4, -0.2) is 53.1 Å². The third-order valence-electron chi connectivity index (χ3n) is 4.44. The summed E-state index contributed by atoms with van der Waals surface area (Å²) in [5.74, 6) is -0.412. The Bertz CT molecular complexity index is 902. The molecule has 28 heavy (non-hydrogen) atoms. The average Bonchev–Trinajstić information content (AvgIpc) is 3.07. The summed E-state index contributed by atoms with van der Waals surface area (Å²) in [7, 11) is 0. The summed E-state index contributed by atoms with van der Waals surface area (Å²) in [5, 5.41) is 16.7. The number of nitrogens with zero attached hydrogens (tertiary/aromatic N) is 4. The number of primary amides is 1. The number of aromatic nitrogens is 2. The maximum atomic E-state index is 12.2. The first-order valence-electron chi connectivity index (χ1n) is 8.56. The van der Waals surface area contributed by atoms with Gasteiger partial charge in [-0.2, -0.15) is 10.4 Å². The van der Waals surface area contributed by atoms with Crippen molar-refractivity contribution in [3.05, 3.63) is 42.1 Å². The van der Waals surface area contributed by atoms with Crippen LogP contribution in [0, 0.1) is 11.3 Å². The van der Waals surface area contributed by atoms with Gasteiger partial charge >= 0.3 is 6.09 Å². The molecular weight excluding hydrogens is 367 g/mol. The molecule has 0 spiro atoms. The van der Waals surface area contributed by atoms with Crippen LogP contribution in [0.25, 0.3) is 0 Å². The van der Waals surface area contributed by atoms with E-state index in [4.69, 9.17) is 10.5 Å². The molecule has 1 aromatic carbocycles. The number of alkyl halides is 1. The fourth-order valence-corrected chi connectivity index (χ4v) is 3.04. The number of nitrogens with one attached hydrogen (secondary N) is 1. The Hall–Kier alpha value is -3.61. The van der Waals surface area contributed by atoms with E-state index in [9.17, 15) is 19.2 Å². The molecule has 0 saturated carbocycles. The summed E-state index contributed by atoms with van der Waals surface area (Å²) in [5.41, 5.74) is 5.54. The summed E-state index contributed by atoms with van der Waals surface area (Å²) < 4.78 is 18.4. The fourth-order valence-electron chi connectivity index (χ4n) is 3.04. The van der Waals surface area contributed by atoms with Crippen LogP contribution < -0.4 is 11.1 Å². The lowest BCUT2D eigenvalue weighted by molar-refractivity contribution is -0.00131. The molecule has 2 aromatic rings. The SMILES string of the molecule is N#CCC1(n2cc(C(N)=O)c(Nc3ccccc3)n2)CN(C(=O)OCCF)C1. The number of anilines is 2. The van der Waals surface area contributed by atoms with E-state index in [0.717, 1.165) is 5.69 Å². The van der Waals surface area contributed by atoms with E-state index in [-0.39, 0.29) is 37.5 Å². The van der Waals surface area contributed by atoms with E-state index >= 15 is 0 Å². The topological polar surface area (TPSA) is 126 Å². The van der Waals surface area contributed by atoms with Crippen molar-refractivity contribution in [3.8, 4) is 6.07 Å². The number of nitriles is 1. The third kappa shape index (κ3) is 3.73. The predicted octanol–water partition coefficient (Wildman–Crippen LogP) is 1.76. The molecule has 0 aliphatic carbocycles. The molecule has 1 fully saturated rings. The van der Waals surface area contributed by atoms with E-state index in [1.165, 1.54) is 15.8 Å². The highest BCUT2D eigenvalue weighted by molar-refractivity contribution is 5.98. The molecule has 1 saturated heterocycles. The average molecular weight is 386 g/mol. The largest absolute Gasteiger partial charge is 0.447 e. The van der Waals surface area contributed by atoms with Gasteiger partial charge in [-0.15, -0.1) is 0 Å². The second-order valence-electron chi connectivity index (χ2n) is 6.41. The van der Waals surface area contributed by atoms with Crippen LogP contribution in [0.1, 0.15) is 16.8 Å². The molecule has 9 nitrogen and oxygen atoms in total. The fraction of sp³-hybridized carbons (Fsp3) is 0.333. The van der Waals surface area contributed by atoms with Crippen molar-refractivity contribution in [3.63, 3.8) is 0 Å². The summed E-state index contributed by atoms with van der Waals surface area (Å²) in [6.45, 7) is -0.787. The third-order valence-corrected chi connectivity index (χ3v) is 4.44. The number of hydrogen-bond acceptors (Lipinski definition) is 6. The van der Waals surface area contributed by atoms with Gasteiger partial charge in [0.25, 0.3) is 5.91 Å². The van der Waals surface area contributed by atoms with Crippen LogP contribution in [0.3, 0.4) is 0 Å². The number of ether oxygens (including phenoxy) is 1. The minimum atomic E-state index is -0.815. The van der Waals surface area contributed by atoms with Gasteiger partial charge in [0.1, 0.15) is 24.4 Å². The second-order valence-corrected chi connectivity index (χ2v) is 6.41. The van der Waals surface area contributed by atoms with Gasteiger partial charge in [-0.25, -0.2) is 9.18 Å². The van der Waals surface area contributed by atoms with Gasteiger partial charge in [-0.1, -0.05) is 18.2 Å². The number of benzene rings is 1. The van der Waals surface area contributed by atoms with Crippen LogP contribution >= 0.6 is 0 Å². The Morgan fingerprint density at radius 1 is 1.36 bits per heavy atom. The zero-order valence-electron chi connectivity index (χ0n) is 15.0. The van der Waals surface area contributed by atoms with Gasteiger partial charge in [0.15, 0.2) is 5.82 Å². The number of likely N-dealkylation sites (tertiary alicyclic amines) is 1. The van der Waals surface area contributed by atoms with E-state index in [1.807, 2.05) is 18.2 Å². The molecule has 1 aliphatic heterocycles. The maximum Gasteiger partial charge on any atom is 0.410 e. The van der Waals surface area contributed by atoms with Gasteiger partial charge in [0, 0.05) is 11.9 Å². The lowest BCUT2D eigenvalue weighted by Gasteiger charge is -2.48. The smallest absolute Gasteiger partial charge is 0.410 e. The van der Waals surface area contributed by atoms with Crippen molar-refractivity contribution < 1.29 is 18.7 Å². The summed E-state index contributed by atoms with van der Waals surface area (Å²) in [6.07, 6.45) is 0.871. The van der Waals surface area contributed by atoms with Crippen LogP contribution in [-0.2, 0) is 10.3 Å². The number of hydrogen-bond donors (Lipinski definition) is 2. The number of halogens is 1.